The number of nitrogens with one attached hydrogen (secondary N) is 1. The molecule has 0 saturated heterocycles. The third kappa shape index (κ3) is 3.95. The van der Waals surface area contributed by atoms with Crippen LogP contribution in [0.1, 0.15) is 13.8 Å². The zero-order valence-electron chi connectivity index (χ0n) is 7.00. The van der Waals surface area contributed by atoms with Gasteiger partial charge in [0, 0.05) is 0 Å². The van der Waals surface area contributed by atoms with Crippen LogP contribution in [0.25, 0.3) is 0 Å². The molecule has 0 aromatic carbocycles. The summed E-state index contributed by atoms with van der Waals surface area (Å²) in [5.41, 5.74) is 5.08. The van der Waals surface area contributed by atoms with E-state index in [1.165, 1.54) is 0 Å². The first-order valence-corrected chi connectivity index (χ1v) is 3.72. The van der Waals surface area contributed by atoms with Crippen molar-refractivity contribution in [3.05, 3.63) is 0 Å². The molecule has 0 heterocycles. The first-order chi connectivity index (χ1) is 5.11. The summed E-state index contributed by atoms with van der Waals surface area (Å²) in [6.07, 6.45) is 0. The smallest absolute Gasteiger partial charge is 0.234 e. The molecule has 4 heteroatoms. The zero-order valence-corrected chi connectivity index (χ0v) is 7.00. The standard InChI is InChI=1S/C7H16N2O2/c1-5(2)6(4-10)9-7(11)3-8/h5-6,10H,3-4,8H2,1-2H3,(H,9,11)/t6-/m1/s1. The Morgan fingerprint density at radius 2 is 2.18 bits per heavy atom. The molecular weight excluding hydrogens is 144 g/mol. The normalized spacial score (nSPS) is 13.2. The van der Waals surface area contributed by atoms with E-state index >= 15 is 0 Å². The first-order valence-electron chi connectivity index (χ1n) is 3.72. The van der Waals surface area contributed by atoms with Gasteiger partial charge >= 0.3 is 0 Å². The third-order valence-corrected chi connectivity index (χ3v) is 1.53. The van der Waals surface area contributed by atoms with Gasteiger partial charge in [0.2, 0.25) is 5.91 Å². The second-order valence-electron chi connectivity index (χ2n) is 2.80. The zero-order chi connectivity index (χ0) is 8.85. The monoisotopic (exact) mass is 160 g/mol. The Morgan fingerprint density at radius 1 is 1.64 bits per heavy atom. The number of carbonyl (C=O) groups is 1. The number of carbonyl (C=O) groups excluding carboxylic acids is 1. The number of amides is 1. The summed E-state index contributed by atoms with van der Waals surface area (Å²) in [6.45, 7) is 3.79. The highest BCUT2D eigenvalue weighted by Gasteiger charge is 2.13. The molecule has 0 radical (unpaired) electrons. The molecule has 0 bridgehead atoms. The number of hydrogen-bond acceptors (Lipinski definition) is 3. The van der Waals surface area contributed by atoms with Crippen LogP contribution in [0.4, 0.5) is 0 Å². The van der Waals surface area contributed by atoms with Crippen molar-refractivity contribution in [1.29, 1.82) is 0 Å². The van der Waals surface area contributed by atoms with Crippen molar-refractivity contribution in [3.63, 3.8) is 0 Å². The molecular formula is C7H16N2O2. The fourth-order valence-corrected chi connectivity index (χ4v) is 0.689. The van der Waals surface area contributed by atoms with Crippen molar-refractivity contribution >= 4 is 5.91 Å². The maximum Gasteiger partial charge on any atom is 0.234 e. The van der Waals surface area contributed by atoms with Crippen LogP contribution in [0.5, 0.6) is 0 Å². The van der Waals surface area contributed by atoms with Crippen LogP contribution in [0.2, 0.25) is 0 Å². The van der Waals surface area contributed by atoms with E-state index in [0.717, 1.165) is 0 Å². The van der Waals surface area contributed by atoms with Crippen molar-refractivity contribution in [2.75, 3.05) is 13.2 Å². The molecule has 4 N–H and O–H groups in total. The molecule has 0 fully saturated rings. The van der Waals surface area contributed by atoms with E-state index in [1.807, 2.05) is 13.8 Å². The Kier molecular flexibility index (Phi) is 4.81. The minimum atomic E-state index is -0.224. The van der Waals surface area contributed by atoms with Crippen LogP contribution in [-0.4, -0.2) is 30.2 Å². The summed E-state index contributed by atoms with van der Waals surface area (Å²) >= 11 is 0. The lowest BCUT2D eigenvalue weighted by atomic mass is 10.1. The Hall–Kier alpha value is -0.610. The van der Waals surface area contributed by atoms with E-state index in [2.05, 4.69) is 5.32 Å². The highest BCUT2D eigenvalue weighted by atomic mass is 16.3. The first kappa shape index (κ1) is 10.4. The van der Waals surface area contributed by atoms with Crippen molar-refractivity contribution in [3.8, 4) is 0 Å². The van der Waals surface area contributed by atoms with E-state index in [4.69, 9.17) is 10.8 Å². The molecule has 0 rings (SSSR count). The van der Waals surface area contributed by atoms with Gasteiger partial charge in [-0.2, -0.15) is 0 Å². The summed E-state index contributed by atoms with van der Waals surface area (Å²) in [4.78, 5) is 10.7. The fourth-order valence-electron chi connectivity index (χ4n) is 0.689. The summed E-state index contributed by atoms with van der Waals surface area (Å²) < 4.78 is 0. The van der Waals surface area contributed by atoms with Gasteiger partial charge in [0.05, 0.1) is 19.2 Å². The Morgan fingerprint density at radius 3 is 2.45 bits per heavy atom. The molecule has 0 aromatic heterocycles. The maximum absolute atomic E-state index is 10.7. The second-order valence-corrected chi connectivity index (χ2v) is 2.80. The van der Waals surface area contributed by atoms with Gasteiger partial charge in [0.15, 0.2) is 0 Å². The van der Waals surface area contributed by atoms with Crippen molar-refractivity contribution in [2.45, 2.75) is 19.9 Å². The summed E-state index contributed by atoms with van der Waals surface area (Å²) in [7, 11) is 0. The minimum Gasteiger partial charge on any atom is -0.394 e. The summed E-state index contributed by atoms with van der Waals surface area (Å²) in [5, 5.41) is 11.4. The second kappa shape index (κ2) is 5.09. The predicted octanol–water partition coefficient (Wildman–Crippen LogP) is -0.922. The lowest BCUT2D eigenvalue weighted by Gasteiger charge is -2.19. The lowest BCUT2D eigenvalue weighted by molar-refractivity contribution is -0.121. The van der Waals surface area contributed by atoms with Crippen molar-refractivity contribution in [1.82, 2.24) is 5.32 Å². The quantitative estimate of drug-likeness (QED) is 0.498. The molecule has 0 aliphatic heterocycles. The van der Waals surface area contributed by atoms with E-state index in [9.17, 15) is 4.79 Å². The van der Waals surface area contributed by atoms with Gasteiger partial charge < -0.3 is 16.2 Å². The molecule has 11 heavy (non-hydrogen) atoms. The van der Waals surface area contributed by atoms with Crippen LogP contribution in [0.15, 0.2) is 0 Å². The van der Waals surface area contributed by atoms with Crippen LogP contribution >= 0.6 is 0 Å². The van der Waals surface area contributed by atoms with Crippen molar-refractivity contribution < 1.29 is 9.90 Å². The Balaban J connectivity index is 3.78. The van der Waals surface area contributed by atoms with Gasteiger partial charge in [-0.1, -0.05) is 13.8 Å². The molecule has 4 nitrogen and oxygen atoms in total. The number of hydrogen-bond donors (Lipinski definition) is 3. The molecule has 1 amide bonds. The van der Waals surface area contributed by atoms with E-state index < -0.39 is 0 Å². The highest BCUT2D eigenvalue weighted by molar-refractivity contribution is 5.78. The fraction of sp³-hybridized carbons (Fsp3) is 0.857. The number of rotatable bonds is 4. The minimum absolute atomic E-state index is 0.0246. The lowest BCUT2D eigenvalue weighted by Crippen LogP contribution is -2.43. The van der Waals surface area contributed by atoms with Gasteiger partial charge in [-0.25, -0.2) is 0 Å². The van der Waals surface area contributed by atoms with Gasteiger partial charge in [-0.05, 0) is 5.92 Å². The molecule has 1 atom stereocenters. The van der Waals surface area contributed by atoms with Gasteiger partial charge in [-0.15, -0.1) is 0 Å². The number of aliphatic hydroxyl groups excluding tert-OH is 1. The van der Waals surface area contributed by atoms with E-state index in [1.54, 1.807) is 0 Å². The molecule has 0 unspecified atom stereocenters. The van der Waals surface area contributed by atoms with Gasteiger partial charge in [0.1, 0.15) is 0 Å². The summed E-state index contributed by atoms with van der Waals surface area (Å²) in [5.74, 6) is 0.00764. The van der Waals surface area contributed by atoms with Gasteiger partial charge in [0.25, 0.3) is 0 Å². The van der Waals surface area contributed by atoms with Crippen LogP contribution in [-0.2, 0) is 4.79 Å². The molecule has 0 aliphatic rings. The molecule has 0 saturated carbocycles. The Labute approximate surface area is 66.8 Å². The third-order valence-electron chi connectivity index (χ3n) is 1.53. The van der Waals surface area contributed by atoms with E-state index in [-0.39, 0.29) is 31.0 Å². The largest absolute Gasteiger partial charge is 0.394 e. The average Bonchev–Trinajstić information content (AvgIpc) is 1.99. The average molecular weight is 160 g/mol. The number of aliphatic hydroxyl groups is 1. The SMILES string of the molecule is CC(C)[C@@H](CO)NC(=O)CN. The molecule has 0 aromatic rings. The van der Waals surface area contributed by atoms with Crippen molar-refractivity contribution in [2.24, 2.45) is 11.7 Å². The number of nitrogens with two attached hydrogens (primary N) is 1. The predicted molar refractivity (Wildman–Crippen MR) is 42.9 cm³/mol. The highest BCUT2D eigenvalue weighted by Crippen LogP contribution is 1.99. The topological polar surface area (TPSA) is 75.3 Å². The van der Waals surface area contributed by atoms with E-state index in [0.29, 0.717) is 0 Å². The van der Waals surface area contributed by atoms with Gasteiger partial charge in [-0.3, -0.25) is 4.79 Å². The Bertz CT molecular complexity index is 126. The maximum atomic E-state index is 10.7. The summed E-state index contributed by atoms with van der Waals surface area (Å²) in [6, 6.07) is -0.175. The molecule has 66 valence electrons. The van der Waals surface area contributed by atoms with Crippen LogP contribution < -0.4 is 11.1 Å². The molecule has 0 aliphatic carbocycles. The van der Waals surface area contributed by atoms with Crippen LogP contribution in [0.3, 0.4) is 0 Å². The van der Waals surface area contributed by atoms with Crippen LogP contribution in [0, 0.1) is 5.92 Å². The molecule has 0 spiro atoms.